The molecule has 2 aliphatic rings. The van der Waals surface area contributed by atoms with Gasteiger partial charge in [0.1, 0.15) is 46.5 Å². The maximum atomic E-state index is 13.6. The van der Waals surface area contributed by atoms with Gasteiger partial charge in [-0.15, -0.1) is 0 Å². The maximum Gasteiger partial charge on any atom is 0.259 e. The van der Waals surface area contributed by atoms with E-state index in [9.17, 15) is 24.3 Å². The molecule has 0 saturated carbocycles. The van der Waals surface area contributed by atoms with Crippen LogP contribution in [0.2, 0.25) is 0 Å². The lowest BCUT2D eigenvalue weighted by molar-refractivity contribution is -0.140. The molecule has 1 aliphatic carbocycles. The predicted molar refractivity (Wildman–Crippen MR) is 137 cm³/mol. The Bertz CT molecular complexity index is 1490. The number of ether oxygens (including phenoxy) is 2. The van der Waals surface area contributed by atoms with E-state index in [1.807, 2.05) is 60.7 Å². The van der Waals surface area contributed by atoms with E-state index in [0.717, 1.165) is 17.2 Å². The van der Waals surface area contributed by atoms with Gasteiger partial charge in [0.05, 0.1) is 5.56 Å². The number of carbonyl (C=O) groups excluding carboxylic acids is 4. The highest BCUT2D eigenvalue weighted by Gasteiger charge is 2.58. The molecule has 2 atom stereocenters. The lowest BCUT2D eigenvalue weighted by Gasteiger charge is -2.30. The zero-order valence-corrected chi connectivity index (χ0v) is 20.8. The third-order valence-electron chi connectivity index (χ3n) is 6.91. The second kappa shape index (κ2) is 9.63. The molecule has 38 heavy (non-hydrogen) atoms. The highest BCUT2D eigenvalue weighted by Crippen LogP contribution is 2.56. The van der Waals surface area contributed by atoms with Gasteiger partial charge in [0, 0.05) is 18.7 Å². The quantitative estimate of drug-likeness (QED) is 0.463. The third-order valence-corrected chi connectivity index (χ3v) is 6.91. The smallest absolute Gasteiger partial charge is 0.259 e. The molecule has 192 valence electrons. The summed E-state index contributed by atoms with van der Waals surface area (Å²) in [5, 5.41) is 13.9. The standard InChI is InChI=1S/C30H25NO7/c1-17(32)24-20(33)14-23-30(2,28(24)35)26-21(34)13-22(37-16-19-11-7-4-8-12-19)25(27(26)38-23)29(36)31-15-18-9-5-3-6-10-18/h3-14,24,34H,15-16H2,1-2H3,(H,31,36)/t24?,30-/m1/s1. The minimum atomic E-state index is -1.63. The molecule has 1 unspecified atom stereocenters. The van der Waals surface area contributed by atoms with Crippen LogP contribution in [-0.2, 0) is 33.0 Å². The van der Waals surface area contributed by atoms with Gasteiger partial charge in [0.25, 0.3) is 5.91 Å². The largest absolute Gasteiger partial charge is 0.507 e. The molecule has 1 heterocycles. The molecule has 2 N–H and O–H groups in total. The number of aromatic hydroxyl groups is 1. The fourth-order valence-electron chi connectivity index (χ4n) is 4.91. The average molecular weight is 512 g/mol. The molecule has 0 aromatic heterocycles. The Morgan fingerprint density at radius 2 is 1.66 bits per heavy atom. The van der Waals surface area contributed by atoms with E-state index in [1.165, 1.54) is 19.9 Å². The molecular formula is C30H25NO7. The number of phenols is 1. The minimum absolute atomic E-state index is 0.0180. The fraction of sp³-hybridized carbons (Fsp3) is 0.200. The van der Waals surface area contributed by atoms with Crippen molar-refractivity contribution in [3.63, 3.8) is 0 Å². The molecule has 0 bridgehead atoms. The van der Waals surface area contributed by atoms with E-state index < -0.39 is 34.6 Å². The Morgan fingerprint density at radius 1 is 1.03 bits per heavy atom. The first-order chi connectivity index (χ1) is 18.2. The van der Waals surface area contributed by atoms with E-state index in [4.69, 9.17) is 9.47 Å². The van der Waals surface area contributed by atoms with E-state index >= 15 is 0 Å². The van der Waals surface area contributed by atoms with E-state index in [1.54, 1.807) is 0 Å². The number of phenolic OH excluding ortho intramolecular Hbond substituents is 1. The topological polar surface area (TPSA) is 119 Å². The Labute approximate surface area is 218 Å². The fourth-order valence-corrected chi connectivity index (χ4v) is 4.91. The summed E-state index contributed by atoms with van der Waals surface area (Å²) in [6, 6.07) is 19.8. The number of fused-ring (bicyclic) bond motifs is 3. The molecule has 5 rings (SSSR count). The summed E-state index contributed by atoms with van der Waals surface area (Å²) in [6.45, 7) is 2.95. The lowest BCUT2D eigenvalue weighted by Crippen LogP contribution is -2.47. The first-order valence-electron chi connectivity index (χ1n) is 12.1. The zero-order chi connectivity index (χ0) is 27.0. The van der Waals surface area contributed by atoms with Crippen molar-refractivity contribution in [3.8, 4) is 17.2 Å². The molecule has 3 aromatic rings. The molecule has 0 saturated heterocycles. The van der Waals surface area contributed by atoms with Gasteiger partial charge in [-0.2, -0.15) is 0 Å². The molecule has 1 amide bonds. The van der Waals surface area contributed by atoms with Crippen molar-refractivity contribution in [3.05, 3.63) is 101 Å². The van der Waals surface area contributed by atoms with Crippen molar-refractivity contribution < 1.29 is 33.8 Å². The molecule has 0 radical (unpaired) electrons. The van der Waals surface area contributed by atoms with Gasteiger partial charge in [-0.05, 0) is 25.0 Å². The highest BCUT2D eigenvalue weighted by atomic mass is 16.5. The first-order valence-corrected chi connectivity index (χ1v) is 12.1. The summed E-state index contributed by atoms with van der Waals surface area (Å²) in [5.41, 5.74) is 0.0517. The van der Waals surface area contributed by atoms with Gasteiger partial charge >= 0.3 is 0 Å². The van der Waals surface area contributed by atoms with Crippen LogP contribution in [0.3, 0.4) is 0 Å². The van der Waals surface area contributed by atoms with E-state index in [2.05, 4.69) is 5.32 Å². The number of benzene rings is 3. The summed E-state index contributed by atoms with van der Waals surface area (Å²) >= 11 is 0. The average Bonchev–Trinajstić information content (AvgIpc) is 3.20. The molecule has 1 aliphatic heterocycles. The van der Waals surface area contributed by atoms with Crippen molar-refractivity contribution >= 4 is 23.3 Å². The Morgan fingerprint density at radius 3 is 2.29 bits per heavy atom. The second-order valence-electron chi connectivity index (χ2n) is 9.46. The van der Waals surface area contributed by atoms with E-state index in [-0.39, 0.29) is 47.3 Å². The second-order valence-corrected chi connectivity index (χ2v) is 9.46. The first kappa shape index (κ1) is 25.0. The third kappa shape index (κ3) is 4.14. The Kier molecular flexibility index (Phi) is 6.32. The SMILES string of the molecule is CC(=O)C1C(=O)C=C2Oc3c(C(=O)NCc4ccccc4)c(OCc4ccccc4)cc(O)c3[C@]2(C)C1=O. The monoisotopic (exact) mass is 511 g/mol. The number of ketones is 3. The Hall–Kier alpha value is -4.72. The van der Waals surface area contributed by atoms with Crippen LogP contribution in [0.1, 0.15) is 40.9 Å². The van der Waals surface area contributed by atoms with Gasteiger partial charge < -0.3 is 19.9 Å². The van der Waals surface area contributed by atoms with Crippen LogP contribution in [-0.4, -0.2) is 28.4 Å². The van der Waals surface area contributed by atoms with Crippen molar-refractivity contribution in [2.24, 2.45) is 5.92 Å². The summed E-state index contributed by atoms with van der Waals surface area (Å²) in [6.07, 6.45) is 1.10. The minimum Gasteiger partial charge on any atom is -0.507 e. The summed E-state index contributed by atoms with van der Waals surface area (Å²) in [7, 11) is 0. The molecule has 3 aromatic carbocycles. The van der Waals surface area contributed by atoms with Crippen LogP contribution in [0, 0.1) is 5.92 Å². The summed E-state index contributed by atoms with van der Waals surface area (Å²) in [4.78, 5) is 51.8. The van der Waals surface area contributed by atoms with Crippen LogP contribution in [0.25, 0.3) is 0 Å². The van der Waals surface area contributed by atoms with Crippen molar-refractivity contribution in [1.82, 2.24) is 5.32 Å². The Balaban J connectivity index is 1.60. The van der Waals surface area contributed by atoms with Gasteiger partial charge in [-0.1, -0.05) is 60.7 Å². The number of amides is 1. The van der Waals surface area contributed by atoms with Crippen LogP contribution < -0.4 is 14.8 Å². The lowest BCUT2D eigenvalue weighted by atomic mass is 9.67. The summed E-state index contributed by atoms with van der Waals surface area (Å²) in [5.74, 6) is -4.52. The molecule has 0 fully saturated rings. The van der Waals surface area contributed by atoms with Crippen LogP contribution in [0.4, 0.5) is 0 Å². The number of allylic oxidation sites excluding steroid dienone is 2. The van der Waals surface area contributed by atoms with Crippen LogP contribution >= 0.6 is 0 Å². The van der Waals surface area contributed by atoms with Crippen LogP contribution in [0.15, 0.2) is 78.6 Å². The summed E-state index contributed by atoms with van der Waals surface area (Å²) < 4.78 is 11.9. The van der Waals surface area contributed by atoms with E-state index in [0.29, 0.717) is 0 Å². The number of hydrogen-bond donors (Lipinski definition) is 2. The van der Waals surface area contributed by atoms with Gasteiger partial charge in [0.15, 0.2) is 17.3 Å². The maximum absolute atomic E-state index is 13.6. The van der Waals surface area contributed by atoms with Gasteiger partial charge in [0.2, 0.25) is 0 Å². The number of rotatable bonds is 7. The highest BCUT2D eigenvalue weighted by molar-refractivity contribution is 6.27. The predicted octanol–water partition coefficient (Wildman–Crippen LogP) is 3.79. The van der Waals surface area contributed by atoms with Crippen molar-refractivity contribution in [1.29, 1.82) is 0 Å². The van der Waals surface area contributed by atoms with Crippen molar-refractivity contribution in [2.75, 3.05) is 0 Å². The van der Waals surface area contributed by atoms with Crippen LogP contribution in [0.5, 0.6) is 17.2 Å². The number of nitrogens with one attached hydrogen (secondary N) is 1. The van der Waals surface area contributed by atoms with Gasteiger partial charge in [-0.25, -0.2) is 0 Å². The number of hydrogen-bond acceptors (Lipinski definition) is 7. The normalized spacial score (nSPS) is 19.6. The van der Waals surface area contributed by atoms with Gasteiger partial charge in [-0.3, -0.25) is 19.2 Å². The molecular weight excluding hydrogens is 486 g/mol. The van der Waals surface area contributed by atoms with Crippen molar-refractivity contribution in [2.45, 2.75) is 32.4 Å². The molecule has 8 heteroatoms. The number of carbonyl (C=O) groups is 4. The molecule has 8 nitrogen and oxygen atoms in total. The molecule has 0 spiro atoms. The zero-order valence-electron chi connectivity index (χ0n) is 20.8. The number of Topliss-reactive ketones (excluding diaryl/α,β-unsaturated/α-hetero) is 2.